The Bertz CT molecular complexity index is 717. The van der Waals surface area contributed by atoms with E-state index in [0.29, 0.717) is 6.54 Å². The summed E-state index contributed by atoms with van der Waals surface area (Å²) in [5.41, 5.74) is 0.919. The third-order valence-electron chi connectivity index (χ3n) is 4.72. The fourth-order valence-electron chi connectivity index (χ4n) is 3.34. The minimum Gasteiger partial charge on any atom is -0.457 e. The van der Waals surface area contributed by atoms with Crippen LogP contribution in [0.1, 0.15) is 25.8 Å². The van der Waals surface area contributed by atoms with Crippen molar-refractivity contribution >= 4 is 5.91 Å². The summed E-state index contributed by atoms with van der Waals surface area (Å²) in [4.78, 5) is 14.6. The molecule has 1 aliphatic rings. The van der Waals surface area contributed by atoms with Gasteiger partial charge in [-0.15, -0.1) is 0 Å². The van der Waals surface area contributed by atoms with Crippen LogP contribution in [0, 0.1) is 5.41 Å². The molecule has 1 amide bonds. The van der Waals surface area contributed by atoms with Gasteiger partial charge in [-0.05, 0) is 56.6 Å². The predicted molar refractivity (Wildman–Crippen MR) is 99.6 cm³/mol. The predicted octanol–water partition coefficient (Wildman–Crippen LogP) is 3.83. The Hall–Kier alpha value is -2.33. The molecule has 0 unspecified atom stereocenters. The maximum Gasteiger partial charge on any atom is 0.227 e. The SMILES string of the molecule is CCNC(=O)[C@]1(C)CCN(Cc2cccc(Oc3ccccc3)c2)C1. The zero-order valence-electron chi connectivity index (χ0n) is 15.0. The summed E-state index contributed by atoms with van der Waals surface area (Å²) in [5.74, 6) is 1.85. The molecule has 0 bridgehead atoms. The highest BCUT2D eigenvalue weighted by atomic mass is 16.5. The van der Waals surface area contributed by atoms with E-state index < -0.39 is 0 Å². The standard InChI is InChI=1S/C21H26N2O2/c1-3-22-20(24)21(2)12-13-23(16-21)15-17-8-7-11-19(14-17)25-18-9-5-4-6-10-18/h4-11,14H,3,12-13,15-16H2,1-2H3,(H,22,24)/t21-/m1/s1. The first-order chi connectivity index (χ1) is 12.1. The molecule has 3 rings (SSSR count). The minimum absolute atomic E-state index is 0.165. The van der Waals surface area contributed by atoms with E-state index >= 15 is 0 Å². The van der Waals surface area contributed by atoms with Crippen molar-refractivity contribution in [3.8, 4) is 11.5 Å². The minimum atomic E-state index is -0.284. The van der Waals surface area contributed by atoms with Gasteiger partial charge in [-0.3, -0.25) is 9.69 Å². The normalized spacial score (nSPS) is 20.4. The fraction of sp³-hybridized carbons (Fsp3) is 0.381. The molecule has 0 spiro atoms. The number of hydrogen-bond acceptors (Lipinski definition) is 3. The molecule has 2 aromatic carbocycles. The van der Waals surface area contributed by atoms with Crippen LogP contribution in [0.3, 0.4) is 0 Å². The number of carbonyl (C=O) groups excluding carboxylic acids is 1. The molecule has 25 heavy (non-hydrogen) atoms. The Kier molecular flexibility index (Phi) is 5.39. The number of nitrogens with one attached hydrogen (secondary N) is 1. The summed E-state index contributed by atoms with van der Waals surface area (Å²) in [5, 5.41) is 2.96. The molecule has 2 aromatic rings. The largest absolute Gasteiger partial charge is 0.457 e. The van der Waals surface area contributed by atoms with Crippen LogP contribution in [0.4, 0.5) is 0 Å². The number of rotatable bonds is 6. The maximum absolute atomic E-state index is 12.3. The van der Waals surface area contributed by atoms with Crippen LogP contribution in [-0.2, 0) is 11.3 Å². The number of carbonyl (C=O) groups is 1. The van der Waals surface area contributed by atoms with Gasteiger partial charge in [-0.1, -0.05) is 30.3 Å². The van der Waals surface area contributed by atoms with Crippen molar-refractivity contribution in [2.75, 3.05) is 19.6 Å². The summed E-state index contributed by atoms with van der Waals surface area (Å²) in [6.07, 6.45) is 0.902. The van der Waals surface area contributed by atoms with Crippen LogP contribution >= 0.6 is 0 Å². The maximum atomic E-state index is 12.3. The zero-order chi connectivity index (χ0) is 17.7. The average molecular weight is 338 g/mol. The van der Waals surface area contributed by atoms with Crippen LogP contribution in [0.2, 0.25) is 0 Å². The van der Waals surface area contributed by atoms with Crippen molar-refractivity contribution in [2.24, 2.45) is 5.41 Å². The van der Waals surface area contributed by atoms with Gasteiger partial charge in [-0.2, -0.15) is 0 Å². The van der Waals surface area contributed by atoms with Crippen LogP contribution < -0.4 is 10.1 Å². The van der Waals surface area contributed by atoms with E-state index in [4.69, 9.17) is 4.74 Å². The smallest absolute Gasteiger partial charge is 0.227 e. The van der Waals surface area contributed by atoms with E-state index in [1.54, 1.807) is 0 Å². The number of benzene rings is 2. The second-order valence-corrected chi connectivity index (χ2v) is 6.94. The van der Waals surface area contributed by atoms with Gasteiger partial charge in [0.25, 0.3) is 0 Å². The first-order valence-corrected chi connectivity index (χ1v) is 8.91. The van der Waals surface area contributed by atoms with Gasteiger partial charge in [-0.25, -0.2) is 0 Å². The Balaban J connectivity index is 1.62. The van der Waals surface area contributed by atoms with Crippen molar-refractivity contribution in [3.63, 3.8) is 0 Å². The lowest BCUT2D eigenvalue weighted by molar-refractivity contribution is -0.129. The third kappa shape index (κ3) is 4.40. The van der Waals surface area contributed by atoms with E-state index in [2.05, 4.69) is 29.3 Å². The number of amides is 1. The number of nitrogens with zero attached hydrogens (tertiary/aromatic N) is 1. The first-order valence-electron chi connectivity index (χ1n) is 8.91. The highest BCUT2D eigenvalue weighted by Crippen LogP contribution is 2.31. The third-order valence-corrected chi connectivity index (χ3v) is 4.72. The number of ether oxygens (including phenoxy) is 1. The van der Waals surface area contributed by atoms with Crippen molar-refractivity contribution in [1.29, 1.82) is 0 Å². The molecule has 132 valence electrons. The lowest BCUT2D eigenvalue weighted by Crippen LogP contribution is -2.40. The van der Waals surface area contributed by atoms with Crippen LogP contribution in [0.15, 0.2) is 54.6 Å². The molecular weight excluding hydrogens is 312 g/mol. The zero-order valence-corrected chi connectivity index (χ0v) is 15.0. The summed E-state index contributed by atoms with van der Waals surface area (Å²) >= 11 is 0. The van der Waals surface area contributed by atoms with Gasteiger partial charge < -0.3 is 10.1 Å². The number of likely N-dealkylation sites (tertiary alicyclic amines) is 1. The van der Waals surface area contributed by atoms with Gasteiger partial charge in [0.15, 0.2) is 0 Å². The molecule has 0 aromatic heterocycles. The summed E-state index contributed by atoms with van der Waals surface area (Å²) in [6.45, 7) is 7.29. The van der Waals surface area contributed by atoms with Crippen LogP contribution in [-0.4, -0.2) is 30.4 Å². The highest BCUT2D eigenvalue weighted by molar-refractivity contribution is 5.82. The molecular formula is C21H26N2O2. The molecule has 1 N–H and O–H groups in total. The average Bonchev–Trinajstić information content (AvgIpc) is 2.99. The van der Waals surface area contributed by atoms with Crippen LogP contribution in [0.25, 0.3) is 0 Å². The van der Waals surface area contributed by atoms with E-state index in [1.165, 1.54) is 5.56 Å². The molecule has 0 radical (unpaired) electrons. The van der Waals surface area contributed by atoms with Gasteiger partial charge in [0.05, 0.1) is 5.41 Å². The van der Waals surface area contributed by atoms with Crippen molar-refractivity contribution in [3.05, 3.63) is 60.2 Å². The number of para-hydroxylation sites is 1. The monoisotopic (exact) mass is 338 g/mol. The van der Waals surface area contributed by atoms with Crippen molar-refractivity contribution < 1.29 is 9.53 Å². The Morgan fingerprint density at radius 1 is 1.16 bits per heavy atom. The lowest BCUT2D eigenvalue weighted by Gasteiger charge is -2.23. The van der Waals surface area contributed by atoms with E-state index in [-0.39, 0.29) is 11.3 Å². The second kappa shape index (κ2) is 7.70. The second-order valence-electron chi connectivity index (χ2n) is 6.94. The van der Waals surface area contributed by atoms with E-state index in [9.17, 15) is 4.79 Å². The van der Waals surface area contributed by atoms with E-state index in [0.717, 1.165) is 37.6 Å². The van der Waals surface area contributed by atoms with Crippen LogP contribution in [0.5, 0.6) is 11.5 Å². The molecule has 1 atom stereocenters. The first kappa shape index (κ1) is 17.5. The van der Waals surface area contributed by atoms with Gasteiger partial charge in [0, 0.05) is 19.6 Å². The molecule has 0 saturated carbocycles. The Labute approximate surface area is 149 Å². The van der Waals surface area contributed by atoms with Gasteiger partial charge >= 0.3 is 0 Å². The molecule has 4 nitrogen and oxygen atoms in total. The molecule has 4 heteroatoms. The highest BCUT2D eigenvalue weighted by Gasteiger charge is 2.39. The number of hydrogen-bond donors (Lipinski definition) is 1. The van der Waals surface area contributed by atoms with Crippen molar-refractivity contribution in [1.82, 2.24) is 10.2 Å². The lowest BCUT2D eigenvalue weighted by atomic mass is 9.89. The summed E-state index contributed by atoms with van der Waals surface area (Å²) in [6, 6.07) is 18.0. The van der Waals surface area contributed by atoms with Gasteiger partial charge in [0.2, 0.25) is 5.91 Å². The van der Waals surface area contributed by atoms with Gasteiger partial charge in [0.1, 0.15) is 11.5 Å². The molecule has 0 aliphatic carbocycles. The summed E-state index contributed by atoms with van der Waals surface area (Å²) in [7, 11) is 0. The fourth-order valence-corrected chi connectivity index (χ4v) is 3.34. The Morgan fingerprint density at radius 3 is 2.68 bits per heavy atom. The topological polar surface area (TPSA) is 41.6 Å². The summed E-state index contributed by atoms with van der Waals surface area (Å²) < 4.78 is 5.91. The van der Waals surface area contributed by atoms with E-state index in [1.807, 2.05) is 49.4 Å². The molecule has 1 aliphatic heterocycles. The Morgan fingerprint density at radius 2 is 1.92 bits per heavy atom. The quantitative estimate of drug-likeness (QED) is 0.870. The molecule has 1 heterocycles. The molecule has 1 saturated heterocycles. The van der Waals surface area contributed by atoms with Crippen molar-refractivity contribution in [2.45, 2.75) is 26.8 Å². The molecule has 1 fully saturated rings.